The lowest BCUT2D eigenvalue weighted by atomic mass is 10.1. The maximum Gasteiger partial charge on any atom is 0.137 e. The van der Waals surface area contributed by atoms with E-state index in [2.05, 4.69) is 0 Å². The van der Waals surface area contributed by atoms with Crippen molar-refractivity contribution in [3.05, 3.63) is 28.8 Å². The number of benzene rings is 1. The fourth-order valence-electron chi connectivity index (χ4n) is 1.48. The molecule has 0 aliphatic carbocycles. The van der Waals surface area contributed by atoms with Crippen molar-refractivity contribution in [2.24, 2.45) is 0 Å². The van der Waals surface area contributed by atoms with Gasteiger partial charge in [0.2, 0.25) is 0 Å². The summed E-state index contributed by atoms with van der Waals surface area (Å²) in [5, 5.41) is 11.2. The number of thiocarbonyl (C=S) groups is 1. The molecule has 1 heterocycles. The number of anilines is 1. The summed E-state index contributed by atoms with van der Waals surface area (Å²) in [6.45, 7) is 0.367. The fourth-order valence-corrected chi connectivity index (χ4v) is 1.88. The number of hydroxylamine groups is 2. The zero-order valence-electron chi connectivity index (χ0n) is 7.57. The van der Waals surface area contributed by atoms with Crippen molar-refractivity contribution in [2.45, 2.75) is 0 Å². The summed E-state index contributed by atoms with van der Waals surface area (Å²) in [6.07, 6.45) is 0. The average molecular weight is 229 g/mol. The van der Waals surface area contributed by atoms with Crippen LogP contribution in [0.4, 0.5) is 5.69 Å². The molecule has 1 aliphatic heterocycles. The van der Waals surface area contributed by atoms with E-state index in [1.807, 2.05) is 24.1 Å². The van der Waals surface area contributed by atoms with Crippen LogP contribution in [-0.2, 0) is 0 Å². The van der Waals surface area contributed by atoms with E-state index in [0.717, 1.165) is 16.3 Å². The maximum atomic E-state index is 9.48. The quantitative estimate of drug-likeness (QED) is 0.689. The van der Waals surface area contributed by atoms with Crippen LogP contribution in [0.3, 0.4) is 0 Å². The number of rotatable bonds is 0. The predicted molar refractivity (Wildman–Crippen MR) is 60.0 cm³/mol. The Bertz CT molecular complexity index is 396. The van der Waals surface area contributed by atoms with Gasteiger partial charge in [0.1, 0.15) is 11.7 Å². The molecule has 0 bridgehead atoms. The van der Waals surface area contributed by atoms with E-state index in [0.29, 0.717) is 16.7 Å². The molecule has 74 valence electrons. The topological polar surface area (TPSA) is 26.7 Å². The Hall–Kier alpha value is -0.840. The molecule has 14 heavy (non-hydrogen) atoms. The Morgan fingerprint density at radius 1 is 1.50 bits per heavy atom. The molecular weight excluding hydrogens is 220 g/mol. The molecule has 0 fully saturated rings. The highest BCUT2D eigenvalue weighted by Crippen LogP contribution is 2.28. The van der Waals surface area contributed by atoms with E-state index in [4.69, 9.17) is 23.8 Å². The van der Waals surface area contributed by atoms with E-state index in [9.17, 15) is 5.21 Å². The van der Waals surface area contributed by atoms with Crippen LogP contribution in [0.25, 0.3) is 0 Å². The number of hydrogen-bond donors (Lipinski definition) is 1. The molecule has 0 saturated carbocycles. The number of nitrogens with zero attached hydrogens (tertiary/aromatic N) is 2. The first-order valence-corrected chi connectivity index (χ1v) is 4.89. The predicted octanol–water partition coefficient (Wildman–Crippen LogP) is 2.11. The third-order valence-corrected chi connectivity index (χ3v) is 2.85. The van der Waals surface area contributed by atoms with E-state index in [1.54, 1.807) is 6.07 Å². The minimum absolute atomic E-state index is 0.367. The molecule has 5 heteroatoms. The minimum Gasteiger partial charge on any atom is -0.354 e. The molecule has 0 saturated heterocycles. The van der Waals surface area contributed by atoms with Crippen molar-refractivity contribution in [3.8, 4) is 0 Å². The lowest BCUT2D eigenvalue weighted by molar-refractivity contribution is -0.0114. The van der Waals surface area contributed by atoms with Gasteiger partial charge in [-0.25, -0.2) is 5.06 Å². The monoisotopic (exact) mass is 228 g/mol. The first-order valence-electron chi connectivity index (χ1n) is 4.11. The van der Waals surface area contributed by atoms with Gasteiger partial charge in [-0.3, -0.25) is 5.21 Å². The highest BCUT2D eigenvalue weighted by molar-refractivity contribution is 7.80. The summed E-state index contributed by atoms with van der Waals surface area (Å²) in [7, 11) is 1.88. The Balaban J connectivity index is 2.56. The normalized spacial score (nSPS) is 15.8. The van der Waals surface area contributed by atoms with Gasteiger partial charge < -0.3 is 4.90 Å². The Kier molecular flexibility index (Phi) is 2.34. The second-order valence-corrected chi connectivity index (χ2v) is 4.03. The van der Waals surface area contributed by atoms with Crippen molar-refractivity contribution >= 4 is 34.5 Å². The highest BCUT2D eigenvalue weighted by Gasteiger charge is 2.22. The van der Waals surface area contributed by atoms with Crippen molar-refractivity contribution in [1.29, 1.82) is 0 Å². The van der Waals surface area contributed by atoms with Crippen LogP contribution in [-0.4, -0.2) is 29.0 Å². The van der Waals surface area contributed by atoms with E-state index in [-0.39, 0.29) is 0 Å². The second-order valence-electron chi connectivity index (χ2n) is 3.21. The van der Waals surface area contributed by atoms with E-state index < -0.39 is 0 Å². The highest BCUT2D eigenvalue weighted by atomic mass is 35.5. The number of halogens is 1. The average Bonchev–Trinajstić information content (AvgIpc) is 2.14. The van der Waals surface area contributed by atoms with Crippen LogP contribution < -0.4 is 4.90 Å². The number of fused-ring (bicyclic) bond motifs is 1. The molecule has 1 N–H and O–H groups in total. The molecule has 2 rings (SSSR count). The summed E-state index contributed by atoms with van der Waals surface area (Å²) in [4.78, 5) is 2.33. The molecule has 1 aliphatic rings. The molecule has 1 aromatic rings. The molecule has 0 amide bonds. The van der Waals surface area contributed by atoms with Crippen molar-refractivity contribution < 1.29 is 5.21 Å². The zero-order chi connectivity index (χ0) is 10.3. The fraction of sp³-hybridized carbons (Fsp3) is 0.222. The van der Waals surface area contributed by atoms with Crippen molar-refractivity contribution in [2.75, 3.05) is 18.6 Å². The van der Waals surface area contributed by atoms with Gasteiger partial charge in [0, 0.05) is 23.3 Å². The molecule has 0 radical (unpaired) electrons. The third kappa shape index (κ3) is 1.45. The lowest BCUT2D eigenvalue weighted by Gasteiger charge is -2.33. The van der Waals surface area contributed by atoms with E-state index >= 15 is 0 Å². The summed E-state index contributed by atoms with van der Waals surface area (Å²) in [5.74, 6) is 0. The smallest absolute Gasteiger partial charge is 0.137 e. The zero-order valence-corrected chi connectivity index (χ0v) is 9.14. The molecule has 3 nitrogen and oxygen atoms in total. The molecular formula is C9H9ClN2OS. The van der Waals surface area contributed by atoms with Gasteiger partial charge in [-0.15, -0.1) is 0 Å². The van der Waals surface area contributed by atoms with Crippen LogP contribution in [0.5, 0.6) is 0 Å². The van der Waals surface area contributed by atoms with Crippen LogP contribution in [0.15, 0.2) is 18.2 Å². The Morgan fingerprint density at radius 3 is 2.93 bits per heavy atom. The summed E-state index contributed by atoms with van der Waals surface area (Å²) in [6, 6.07) is 5.43. The van der Waals surface area contributed by atoms with Gasteiger partial charge in [0.05, 0.1) is 0 Å². The molecule has 0 atom stereocenters. The Labute approximate surface area is 92.5 Å². The summed E-state index contributed by atoms with van der Waals surface area (Å²) >= 11 is 11.0. The third-order valence-electron chi connectivity index (χ3n) is 2.18. The van der Waals surface area contributed by atoms with Gasteiger partial charge in [0.25, 0.3) is 0 Å². The van der Waals surface area contributed by atoms with Crippen LogP contribution in [0, 0.1) is 0 Å². The number of hydrogen-bond acceptors (Lipinski definition) is 3. The first-order chi connectivity index (χ1) is 6.59. The minimum atomic E-state index is 0.367. The Morgan fingerprint density at radius 2 is 2.21 bits per heavy atom. The van der Waals surface area contributed by atoms with Gasteiger partial charge in [-0.2, -0.15) is 0 Å². The maximum absolute atomic E-state index is 9.48. The van der Waals surface area contributed by atoms with Crippen LogP contribution in [0.2, 0.25) is 5.02 Å². The lowest BCUT2D eigenvalue weighted by Crippen LogP contribution is -2.42. The molecule has 0 spiro atoms. The SMILES string of the molecule is CN1CN(O)C(=S)c2ccc(Cl)cc21. The standard InChI is InChI=1S/C9H9ClN2OS/c1-11-5-12(13)9(14)7-3-2-6(10)4-8(7)11/h2-4,13H,5H2,1H3. The van der Waals surface area contributed by atoms with Gasteiger partial charge >= 0.3 is 0 Å². The van der Waals surface area contributed by atoms with Gasteiger partial charge in [-0.05, 0) is 18.2 Å². The first kappa shape index (κ1) is 9.71. The van der Waals surface area contributed by atoms with Crippen molar-refractivity contribution in [1.82, 2.24) is 5.06 Å². The van der Waals surface area contributed by atoms with Crippen LogP contribution >= 0.6 is 23.8 Å². The second kappa shape index (κ2) is 3.38. The molecule has 1 aromatic carbocycles. The summed E-state index contributed by atoms with van der Waals surface area (Å²) in [5.41, 5.74) is 1.79. The van der Waals surface area contributed by atoms with Gasteiger partial charge in [-0.1, -0.05) is 23.8 Å². The molecule has 0 unspecified atom stereocenters. The largest absolute Gasteiger partial charge is 0.354 e. The van der Waals surface area contributed by atoms with E-state index in [1.165, 1.54) is 0 Å². The van der Waals surface area contributed by atoms with Gasteiger partial charge in [0.15, 0.2) is 0 Å². The van der Waals surface area contributed by atoms with Crippen LogP contribution in [0.1, 0.15) is 5.56 Å². The summed E-state index contributed by atoms with van der Waals surface area (Å²) < 4.78 is 0. The molecule has 0 aromatic heterocycles. The van der Waals surface area contributed by atoms with Crippen molar-refractivity contribution in [3.63, 3.8) is 0 Å².